The summed E-state index contributed by atoms with van der Waals surface area (Å²) >= 11 is 0. The van der Waals surface area contributed by atoms with Gasteiger partial charge in [-0.1, -0.05) is 31.2 Å². The molecule has 3 heteroatoms. The summed E-state index contributed by atoms with van der Waals surface area (Å²) < 4.78 is 0. The van der Waals surface area contributed by atoms with Gasteiger partial charge in [0.15, 0.2) is 0 Å². The molecule has 3 N–H and O–H groups in total. The Morgan fingerprint density at radius 2 is 1.94 bits per heavy atom. The molecule has 0 aliphatic rings. The third kappa shape index (κ3) is 2.80. The molecule has 1 heterocycles. The van der Waals surface area contributed by atoms with Gasteiger partial charge in [-0.3, -0.25) is 0 Å². The normalized spacial score (nSPS) is 10.3. The van der Waals surface area contributed by atoms with E-state index < -0.39 is 0 Å². The molecule has 0 amide bonds. The number of hydrogen-bond acceptors (Lipinski definition) is 3. The number of nitrogens with one attached hydrogen (secondary N) is 1. The minimum Gasteiger partial charge on any atom is -0.397 e. The number of nitrogen functional groups attached to an aromatic ring is 1. The van der Waals surface area contributed by atoms with Gasteiger partial charge >= 0.3 is 0 Å². The van der Waals surface area contributed by atoms with E-state index in [-0.39, 0.29) is 0 Å². The number of nitrogens with zero attached hydrogens (tertiary/aromatic N) is 1. The molecule has 0 bridgehead atoms. The number of rotatable bonds is 4. The van der Waals surface area contributed by atoms with E-state index >= 15 is 0 Å². The van der Waals surface area contributed by atoms with E-state index in [1.54, 1.807) is 6.20 Å². The van der Waals surface area contributed by atoms with Crippen molar-refractivity contribution in [1.82, 2.24) is 4.98 Å². The highest BCUT2D eigenvalue weighted by Gasteiger charge is 2.01. The first-order chi connectivity index (χ1) is 8.70. The maximum Gasteiger partial charge on any atom is 0.126 e. The molecule has 0 radical (unpaired) electrons. The first-order valence-corrected chi connectivity index (χ1v) is 6.23. The van der Waals surface area contributed by atoms with Crippen molar-refractivity contribution in [3.8, 4) is 0 Å². The van der Waals surface area contributed by atoms with Crippen LogP contribution in [0.5, 0.6) is 0 Å². The van der Waals surface area contributed by atoms with Gasteiger partial charge in [-0.25, -0.2) is 4.98 Å². The van der Waals surface area contributed by atoms with E-state index in [0.29, 0.717) is 0 Å². The first kappa shape index (κ1) is 12.4. The Morgan fingerprint density at radius 1 is 1.22 bits per heavy atom. The van der Waals surface area contributed by atoms with Crippen molar-refractivity contribution >= 4 is 11.5 Å². The molecule has 0 saturated carbocycles. The summed E-state index contributed by atoms with van der Waals surface area (Å²) in [6.07, 6.45) is 2.75. The van der Waals surface area contributed by atoms with E-state index in [2.05, 4.69) is 41.5 Å². The topological polar surface area (TPSA) is 50.9 Å². The summed E-state index contributed by atoms with van der Waals surface area (Å²) in [7, 11) is 0. The van der Waals surface area contributed by atoms with Crippen LogP contribution in [0.4, 0.5) is 11.5 Å². The summed E-state index contributed by atoms with van der Waals surface area (Å²) in [4.78, 5) is 4.27. The fourth-order valence-electron chi connectivity index (χ4n) is 1.92. The van der Waals surface area contributed by atoms with Crippen LogP contribution >= 0.6 is 0 Å². The van der Waals surface area contributed by atoms with E-state index in [0.717, 1.165) is 30.0 Å². The highest BCUT2D eigenvalue weighted by atomic mass is 15.0. The molecule has 0 fully saturated rings. The lowest BCUT2D eigenvalue weighted by molar-refractivity contribution is 1.03. The molecule has 0 saturated heterocycles. The SMILES string of the molecule is CCc1ccccc1CNc1cc(C)c(N)cn1. The van der Waals surface area contributed by atoms with Crippen LogP contribution in [0.1, 0.15) is 23.6 Å². The largest absolute Gasteiger partial charge is 0.397 e. The average Bonchev–Trinajstić information content (AvgIpc) is 2.40. The predicted octanol–water partition coefficient (Wildman–Crippen LogP) is 3.15. The van der Waals surface area contributed by atoms with Crippen molar-refractivity contribution in [2.75, 3.05) is 11.1 Å². The molecular weight excluding hydrogens is 222 g/mol. The highest BCUT2D eigenvalue weighted by molar-refractivity contribution is 5.51. The molecule has 1 aromatic carbocycles. The number of hydrogen-bond donors (Lipinski definition) is 2. The Kier molecular flexibility index (Phi) is 3.82. The summed E-state index contributed by atoms with van der Waals surface area (Å²) in [5, 5.41) is 3.34. The number of aromatic nitrogens is 1. The molecule has 94 valence electrons. The minimum absolute atomic E-state index is 0.731. The molecule has 0 aliphatic carbocycles. The molecule has 0 atom stereocenters. The Morgan fingerprint density at radius 3 is 2.61 bits per heavy atom. The second-order valence-corrected chi connectivity index (χ2v) is 4.40. The smallest absolute Gasteiger partial charge is 0.126 e. The van der Waals surface area contributed by atoms with Crippen molar-refractivity contribution in [2.45, 2.75) is 26.8 Å². The zero-order valence-corrected chi connectivity index (χ0v) is 10.9. The van der Waals surface area contributed by atoms with Gasteiger partial charge in [0.05, 0.1) is 11.9 Å². The first-order valence-electron chi connectivity index (χ1n) is 6.23. The lowest BCUT2D eigenvalue weighted by Gasteiger charge is -2.10. The standard InChI is InChI=1S/C15H19N3/c1-3-12-6-4-5-7-13(12)9-17-15-8-11(2)14(16)10-18-15/h4-8,10H,3,9,16H2,1-2H3,(H,17,18). The highest BCUT2D eigenvalue weighted by Crippen LogP contribution is 2.15. The number of pyridine rings is 1. The number of aryl methyl sites for hydroxylation is 2. The van der Waals surface area contributed by atoms with E-state index in [1.807, 2.05) is 13.0 Å². The van der Waals surface area contributed by atoms with E-state index in [4.69, 9.17) is 5.73 Å². The summed E-state index contributed by atoms with van der Waals surface area (Å²) in [5.41, 5.74) is 10.2. The van der Waals surface area contributed by atoms with Gasteiger partial charge < -0.3 is 11.1 Å². The van der Waals surface area contributed by atoms with Crippen LogP contribution in [0.15, 0.2) is 36.5 Å². The summed E-state index contributed by atoms with van der Waals surface area (Å²) in [6.45, 7) is 4.95. The van der Waals surface area contributed by atoms with Gasteiger partial charge in [-0.2, -0.15) is 0 Å². The van der Waals surface area contributed by atoms with Crippen LogP contribution in [-0.2, 0) is 13.0 Å². The Hall–Kier alpha value is -2.03. The van der Waals surface area contributed by atoms with Gasteiger partial charge in [-0.15, -0.1) is 0 Å². The van der Waals surface area contributed by atoms with Crippen molar-refractivity contribution in [3.05, 3.63) is 53.2 Å². The van der Waals surface area contributed by atoms with Gasteiger partial charge in [0, 0.05) is 6.54 Å². The average molecular weight is 241 g/mol. The van der Waals surface area contributed by atoms with E-state index in [1.165, 1.54) is 11.1 Å². The Labute approximate surface area is 108 Å². The van der Waals surface area contributed by atoms with Crippen LogP contribution < -0.4 is 11.1 Å². The van der Waals surface area contributed by atoms with E-state index in [9.17, 15) is 0 Å². The molecule has 1 aromatic heterocycles. The molecule has 0 unspecified atom stereocenters. The molecule has 0 aliphatic heterocycles. The fourth-order valence-corrected chi connectivity index (χ4v) is 1.92. The lowest BCUT2D eigenvalue weighted by Crippen LogP contribution is -2.04. The van der Waals surface area contributed by atoms with Gasteiger partial charge in [0.25, 0.3) is 0 Å². The van der Waals surface area contributed by atoms with Crippen LogP contribution in [0.2, 0.25) is 0 Å². The molecule has 3 nitrogen and oxygen atoms in total. The van der Waals surface area contributed by atoms with Gasteiger partial charge in [0.1, 0.15) is 5.82 Å². The van der Waals surface area contributed by atoms with Gasteiger partial charge in [0.2, 0.25) is 0 Å². The third-order valence-corrected chi connectivity index (χ3v) is 3.11. The monoisotopic (exact) mass is 241 g/mol. The zero-order valence-electron chi connectivity index (χ0n) is 10.9. The van der Waals surface area contributed by atoms with Crippen molar-refractivity contribution in [3.63, 3.8) is 0 Å². The quantitative estimate of drug-likeness (QED) is 0.864. The van der Waals surface area contributed by atoms with Crippen molar-refractivity contribution in [1.29, 1.82) is 0 Å². The van der Waals surface area contributed by atoms with Crippen molar-refractivity contribution < 1.29 is 0 Å². The molecule has 18 heavy (non-hydrogen) atoms. The maximum atomic E-state index is 5.75. The molecular formula is C15H19N3. The fraction of sp³-hybridized carbons (Fsp3) is 0.267. The number of nitrogens with two attached hydrogens (primary N) is 1. The van der Waals surface area contributed by atoms with Crippen molar-refractivity contribution in [2.24, 2.45) is 0 Å². The second-order valence-electron chi connectivity index (χ2n) is 4.40. The minimum atomic E-state index is 0.731. The van der Waals surface area contributed by atoms with Crippen LogP contribution in [0.3, 0.4) is 0 Å². The van der Waals surface area contributed by atoms with Gasteiger partial charge in [-0.05, 0) is 36.1 Å². The number of benzene rings is 1. The molecule has 2 rings (SSSR count). The van der Waals surface area contributed by atoms with Crippen LogP contribution in [0, 0.1) is 6.92 Å². The summed E-state index contributed by atoms with van der Waals surface area (Å²) in [5.74, 6) is 0.868. The second kappa shape index (κ2) is 5.54. The maximum absolute atomic E-state index is 5.75. The Balaban J connectivity index is 2.09. The van der Waals surface area contributed by atoms with Crippen LogP contribution in [0.25, 0.3) is 0 Å². The predicted molar refractivity (Wildman–Crippen MR) is 76.5 cm³/mol. The molecule has 2 aromatic rings. The lowest BCUT2D eigenvalue weighted by atomic mass is 10.1. The zero-order chi connectivity index (χ0) is 13.0. The van der Waals surface area contributed by atoms with Crippen LogP contribution in [-0.4, -0.2) is 4.98 Å². The molecule has 0 spiro atoms. The third-order valence-electron chi connectivity index (χ3n) is 3.11. The Bertz CT molecular complexity index is 535. The number of anilines is 2. The summed E-state index contributed by atoms with van der Waals surface area (Å²) in [6, 6.07) is 10.4.